The van der Waals surface area contributed by atoms with Crippen LogP contribution in [0.2, 0.25) is 0 Å². The van der Waals surface area contributed by atoms with E-state index >= 15 is 0 Å². The molecule has 1 aromatic heterocycles. The molecule has 158 valence electrons. The number of carbonyl (C=O) groups excluding carboxylic acids is 2. The topological polar surface area (TPSA) is 131 Å². The molecule has 2 amide bonds. The van der Waals surface area contributed by atoms with Crippen LogP contribution in [0.4, 0.5) is 21.5 Å². The van der Waals surface area contributed by atoms with Crippen LogP contribution in [0, 0.1) is 28.8 Å². The molecule has 2 heterocycles. The standard InChI is InChI=1S/C20H16FN5O5/c1-11-22-19(24-31-11)14-4-2-3-5-16(14)23-20(28)12-8-18(27)25(10-12)13-6-7-15(21)17(9-13)26(29)30/h2-7,9,12H,8,10H2,1H3,(H,23,28). The van der Waals surface area contributed by atoms with Gasteiger partial charge in [0, 0.05) is 31.5 Å². The molecule has 1 saturated heterocycles. The highest BCUT2D eigenvalue weighted by Crippen LogP contribution is 2.31. The van der Waals surface area contributed by atoms with Crippen molar-refractivity contribution in [2.24, 2.45) is 5.92 Å². The summed E-state index contributed by atoms with van der Waals surface area (Å²) in [5.41, 5.74) is 0.443. The lowest BCUT2D eigenvalue weighted by Gasteiger charge is -2.17. The van der Waals surface area contributed by atoms with Crippen LogP contribution in [-0.4, -0.2) is 33.4 Å². The maximum absolute atomic E-state index is 13.6. The van der Waals surface area contributed by atoms with Crippen molar-refractivity contribution in [2.45, 2.75) is 13.3 Å². The van der Waals surface area contributed by atoms with Gasteiger partial charge < -0.3 is 14.7 Å². The van der Waals surface area contributed by atoms with Crippen molar-refractivity contribution in [1.82, 2.24) is 10.1 Å². The molecule has 3 aromatic rings. The molecule has 31 heavy (non-hydrogen) atoms. The number of benzene rings is 2. The van der Waals surface area contributed by atoms with E-state index in [4.69, 9.17) is 4.52 Å². The maximum Gasteiger partial charge on any atom is 0.306 e. The van der Waals surface area contributed by atoms with Gasteiger partial charge in [0.1, 0.15) is 0 Å². The summed E-state index contributed by atoms with van der Waals surface area (Å²) >= 11 is 0. The molecule has 0 saturated carbocycles. The third-order valence-electron chi connectivity index (χ3n) is 4.89. The highest BCUT2D eigenvalue weighted by atomic mass is 19.1. The molecule has 0 spiro atoms. The largest absolute Gasteiger partial charge is 0.339 e. The first-order valence-corrected chi connectivity index (χ1v) is 9.28. The average Bonchev–Trinajstić information content (AvgIpc) is 3.34. The maximum atomic E-state index is 13.6. The van der Waals surface area contributed by atoms with Gasteiger partial charge in [0.15, 0.2) is 0 Å². The molecule has 0 bridgehead atoms. The number of nitrogens with zero attached hydrogens (tertiary/aromatic N) is 4. The Hall–Kier alpha value is -4.15. The Morgan fingerprint density at radius 1 is 1.32 bits per heavy atom. The van der Waals surface area contributed by atoms with Gasteiger partial charge in [-0.25, -0.2) is 0 Å². The molecule has 1 aliphatic heterocycles. The number of hydrogen-bond donors (Lipinski definition) is 1. The van der Waals surface area contributed by atoms with E-state index in [-0.39, 0.29) is 24.6 Å². The van der Waals surface area contributed by atoms with Crippen molar-refractivity contribution in [3.8, 4) is 11.4 Å². The molecule has 1 N–H and O–H groups in total. The van der Waals surface area contributed by atoms with Gasteiger partial charge in [-0.1, -0.05) is 17.3 Å². The Labute approximate surface area is 174 Å². The fraction of sp³-hybridized carbons (Fsp3) is 0.200. The molecule has 1 unspecified atom stereocenters. The number of aryl methyl sites for hydroxylation is 1. The van der Waals surface area contributed by atoms with Gasteiger partial charge in [0.25, 0.3) is 0 Å². The van der Waals surface area contributed by atoms with Gasteiger partial charge in [-0.2, -0.15) is 9.37 Å². The number of rotatable bonds is 5. The number of carbonyl (C=O) groups is 2. The van der Waals surface area contributed by atoms with Crippen molar-refractivity contribution in [3.05, 3.63) is 64.3 Å². The van der Waals surface area contributed by atoms with Crippen LogP contribution in [0.15, 0.2) is 47.0 Å². The zero-order valence-corrected chi connectivity index (χ0v) is 16.2. The second-order valence-corrected chi connectivity index (χ2v) is 6.97. The lowest BCUT2D eigenvalue weighted by molar-refractivity contribution is -0.387. The molecule has 10 nitrogen and oxygen atoms in total. The molecule has 2 aromatic carbocycles. The predicted molar refractivity (Wildman–Crippen MR) is 107 cm³/mol. The molecule has 1 fully saturated rings. The number of para-hydroxylation sites is 1. The summed E-state index contributed by atoms with van der Waals surface area (Å²) in [7, 11) is 0. The van der Waals surface area contributed by atoms with E-state index in [1.807, 2.05) is 0 Å². The molecule has 0 aliphatic carbocycles. The fourth-order valence-electron chi connectivity index (χ4n) is 3.37. The minimum atomic E-state index is -0.997. The van der Waals surface area contributed by atoms with Gasteiger partial charge in [-0.15, -0.1) is 0 Å². The number of nitrogens with one attached hydrogen (secondary N) is 1. The third kappa shape index (κ3) is 3.97. The Kier molecular flexibility index (Phi) is 5.15. The summed E-state index contributed by atoms with van der Waals surface area (Å²) in [6.07, 6.45) is -0.0828. The van der Waals surface area contributed by atoms with E-state index in [1.165, 1.54) is 11.0 Å². The van der Waals surface area contributed by atoms with Gasteiger partial charge in [-0.05, 0) is 24.3 Å². The minimum Gasteiger partial charge on any atom is -0.339 e. The van der Waals surface area contributed by atoms with Gasteiger partial charge in [0.2, 0.25) is 29.3 Å². The monoisotopic (exact) mass is 425 g/mol. The van der Waals surface area contributed by atoms with Crippen LogP contribution >= 0.6 is 0 Å². The van der Waals surface area contributed by atoms with E-state index in [9.17, 15) is 24.1 Å². The molecule has 4 rings (SSSR count). The van der Waals surface area contributed by atoms with Crippen LogP contribution in [-0.2, 0) is 9.59 Å². The van der Waals surface area contributed by atoms with Crippen molar-refractivity contribution < 1.29 is 23.4 Å². The average molecular weight is 425 g/mol. The first-order valence-electron chi connectivity index (χ1n) is 9.28. The Morgan fingerprint density at radius 3 is 2.81 bits per heavy atom. The lowest BCUT2D eigenvalue weighted by Crippen LogP contribution is -2.28. The Bertz CT molecular complexity index is 1190. The zero-order chi connectivity index (χ0) is 22.1. The van der Waals surface area contributed by atoms with E-state index in [0.717, 1.165) is 12.1 Å². The number of aromatic nitrogens is 2. The van der Waals surface area contributed by atoms with Crippen molar-refractivity contribution in [1.29, 1.82) is 0 Å². The fourth-order valence-corrected chi connectivity index (χ4v) is 3.37. The molecular weight excluding hydrogens is 409 g/mol. The first-order chi connectivity index (χ1) is 14.8. The second-order valence-electron chi connectivity index (χ2n) is 6.97. The number of nitro groups is 1. The SMILES string of the molecule is Cc1nc(-c2ccccc2NC(=O)C2CC(=O)N(c3ccc(F)c([N+](=O)[O-])c3)C2)no1. The summed E-state index contributed by atoms with van der Waals surface area (Å²) in [6.45, 7) is 1.66. The van der Waals surface area contributed by atoms with E-state index < -0.39 is 28.3 Å². The molecule has 1 atom stereocenters. The molecule has 0 radical (unpaired) electrons. The second kappa shape index (κ2) is 7.94. The number of halogens is 1. The third-order valence-corrected chi connectivity index (χ3v) is 4.89. The molecular formula is C20H16FN5O5. The van der Waals surface area contributed by atoms with E-state index in [0.29, 0.717) is 23.0 Å². The number of nitro benzene ring substituents is 1. The number of anilines is 2. The summed E-state index contributed by atoms with van der Waals surface area (Å²) < 4.78 is 18.6. The van der Waals surface area contributed by atoms with Gasteiger partial charge >= 0.3 is 5.69 Å². The number of hydrogen-bond acceptors (Lipinski definition) is 7. The van der Waals surface area contributed by atoms with Crippen molar-refractivity contribution in [3.63, 3.8) is 0 Å². The van der Waals surface area contributed by atoms with E-state index in [1.54, 1.807) is 31.2 Å². The summed E-state index contributed by atoms with van der Waals surface area (Å²) in [5.74, 6) is -1.79. The van der Waals surface area contributed by atoms with Crippen LogP contribution in [0.3, 0.4) is 0 Å². The first kappa shape index (κ1) is 20.1. The van der Waals surface area contributed by atoms with Crippen LogP contribution in [0.1, 0.15) is 12.3 Å². The molecule has 1 aliphatic rings. The van der Waals surface area contributed by atoms with Crippen molar-refractivity contribution in [2.75, 3.05) is 16.8 Å². The normalized spacial score (nSPS) is 15.9. The predicted octanol–water partition coefficient (Wildman–Crippen LogP) is 3.08. The van der Waals surface area contributed by atoms with Gasteiger partial charge in [-0.3, -0.25) is 19.7 Å². The summed E-state index contributed by atoms with van der Waals surface area (Å²) in [4.78, 5) is 40.8. The van der Waals surface area contributed by atoms with Gasteiger partial charge in [0.05, 0.1) is 22.2 Å². The minimum absolute atomic E-state index is 0.0109. The molecule has 11 heteroatoms. The van der Waals surface area contributed by atoms with Crippen molar-refractivity contribution >= 4 is 28.9 Å². The number of amides is 2. The zero-order valence-electron chi connectivity index (χ0n) is 16.2. The Balaban J connectivity index is 1.53. The Morgan fingerprint density at radius 2 is 2.10 bits per heavy atom. The van der Waals surface area contributed by atoms with Crippen LogP contribution < -0.4 is 10.2 Å². The quantitative estimate of drug-likeness (QED) is 0.491. The lowest BCUT2D eigenvalue weighted by atomic mass is 10.1. The highest BCUT2D eigenvalue weighted by molar-refractivity contribution is 6.04. The summed E-state index contributed by atoms with van der Waals surface area (Å²) in [6, 6.07) is 10.1. The van der Waals surface area contributed by atoms with Crippen LogP contribution in [0.5, 0.6) is 0 Å². The smallest absolute Gasteiger partial charge is 0.306 e. The van der Waals surface area contributed by atoms with Crippen LogP contribution in [0.25, 0.3) is 11.4 Å². The highest BCUT2D eigenvalue weighted by Gasteiger charge is 2.36. The summed E-state index contributed by atoms with van der Waals surface area (Å²) in [5, 5.41) is 17.6. The van der Waals surface area contributed by atoms with E-state index in [2.05, 4.69) is 15.5 Å².